The quantitative estimate of drug-likeness (QED) is 0.534. The normalized spacial score (nSPS) is 15.1. The van der Waals surface area contributed by atoms with E-state index in [0.29, 0.717) is 31.5 Å². The number of alkyl halides is 3. The van der Waals surface area contributed by atoms with Gasteiger partial charge in [-0.15, -0.1) is 0 Å². The molecule has 1 aliphatic heterocycles. The molecular weight excluding hydrogens is 407 g/mol. The van der Waals surface area contributed by atoms with Crippen LogP contribution in [-0.2, 0) is 17.5 Å². The van der Waals surface area contributed by atoms with Crippen molar-refractivity contribution >= 4 is 23.3 Å². The molecule has 1 fully saturated rings. The Hall–Kier alpha value is -3.44. The number of aliphatic carboxylic acids is 1. The van der Waals surface area contributed by atoms with E-state index in [0.717, 1.165) is 18.5 Å². The third-order valence-electron chi connectivity index (χ3n) is 4.87. The average molecular weight is 425 g/mol. The Labute approximate surface area is 168 Å². The van der Waals surface area contributed by atoms with E-state index >= 15 is 0 Å². The van der Waals surface area contributed by atoms with Crippen molar-refractivity contribution in [1.82, 2.24) is 9.97 Å². The van der Waals surface area contributed by atoms with Gasteiger partial charge in [0, 0.05) is 19.6 Å². The number of carboxylic acid groups (broad SMARTS) is 1. The molecule has 2 aromatic rings. The number of hydrogen-bond donors (Lipinski definition) is 2. The first-order chi connectivity index (χ1) is 14.2. The molecule has 1 saturated heterocycles. The number of halogens is 3. The zero-order valence-electron chi connectivity index (χ0n) is 15.6. The molecule has 2 N–H and O–H groups in total. The fraction of sp³-hybridized carbons (Fsp3) is 0.389. The molecule has 0 amide bonds. The van der Waals surface area contributed by atoms with Gasteiger partial charge in [0.15, 0.2) is 0 Å². The molecule has 12 heteroatoms. The predicted molar refractivity (Wildman–Crippen MR) is 100 cm³/mol. The molecule has 0 aliphatic carbocycles. The highest BCUT2D eigenvalue weighted by molar-refractivity contribution is 5.72. The van der Waals surface area contributed by atoms with Gasteiger partial charge in [0.2, 0.25) is 11.6 Å². The van der Waals surface area contributed by atoms with E-state index in [1.54, 1.807) is 4.90 Å². The summed E-state index contributed by atoms with van der Waals surface area (Å²) in [6.45, 7) is 0.622. The van der Waals surface area contributed by atoms with Crippen LogP contribution in [-0.4, -0.2) is 39.1 Å². The molecule has 1 aromatic carbocycles. The predicted octanol–water partition coefficient (Wildman–Crippen LogP) is 3.32. The maximum Gasteiger partial charge on any atom is 0.416 e. The molecule has 3 rings (SSSR count). The maximum atomic E-state index is 12.7. The lowest BCUT2D eigenvalue weighted by atomic mass is 9.97. The van der Waals surface area contributed by atoms with Crippen molar-refractivity contribution in [1.29, 1.82) is 0 Å². The third-order valence-corrected chi connectivity index (χ3v) is 4.87. The number of carbonyl (C=O) groups is 1. The Bertz CT molecular complexity index is 928. The zero-order valence-corrected chi connectivity index (χ0v) is 15.6. The smallest absolute Gasteiger partial charge is 0.416 e. The molecule has 0 bridgehead atoms. The molecule has 0 saturated carbocycles. The van der Waals surface area contributed by atoms with Crippen molar-refractivity contribution in [2.45, 2.75) is 25.6 Å². The Kier molecular flexibility index (Phi) is 6.04. The minimum absolute atomic E-state index is 0.0243. The molecule has 9 nitrogen and oxygen atoms in total. The first kappa shape index (κ1) is 21.3. The summed E-state index contributed by atoms with van der Waals surface area (Å²) in [7, 11) is 0. The molecular formula is C18H18F3N5O4. The molecule has 0 unspecified atom stereocenters. The van der Waals surface area contributed by atoms with Crippen LogP contribution in [0.25, 0.3) is 0 Å². The number of piperidine rings is 1. The molecule has 30 heavy (non-hydrogen) atoms. The summed E-state index contributed by atoms with van der Waals surface area (Å²) in [4.78, 5) is 31.7. The van der Waals surface area contributed by atoms with Gasteiger partial charge in [-0.2, -0.15) is 13.2 Å². The van der Waals surface area contributed by atoms with Crippen LogP contribution in [0.3, 0.4) is 0 Å². The number of nitrogens with zero attached hydrogens (tertiary/aromatic N) is 4. The summed E-state index contributed by atoms with van der Waals surface area (Å²) < 4.78 is 38.0. The van der Waals surface area contributed by atoms with Gasteiger partial charge < -0.3 is 15.3 Å². The fourth-order valence-electron chi connectivity index (χ4n) is 3.23. The second kappa shape index (κ2) is 8.51. The van der Waals surface area contributed by atoms with E-state index in [1.165, 1.54) is 12.1 Å². The second-order valence-electron chi connectivity index (χ2n) is 6.80. The number of anilines is 2. The summed E-state index contributed by atoms with van der Waals surface area (Å²) in [6, 6.07) is 4.42. The lowest BCUT2D eigenvalue weighted by Gasteiger charge is -2.30. The van der Waals surface area contributed by atoms with Gasteiger partial charge in [0.25, 0.3) is 0 Å². The van der Waals surface area contributed by atoms with E-state index in [2.05, 4.69) is 15.3 Å². The highest BCUT2D eigenvalue weighted by atomic mass is 19.4. The van der Waals surface area contributed by atoms with Crippen molar-refractivity contribution in [2.24, 2.45) is 5.92 Å². The van der Waals surface area contributed by atoms with Gasteiger partial charge in [-0.05, 0) is 30.5 Å². The van der Waals surface area contributed by atoms with Gasteiger partial charge in [-0.1, -0.05) is 12.1 Å². The lowest BCUT2D eigenvalue weighted by Crippen LogP contribution is -2.37. The zero-order chi connectivity index (χ0) is 21.9. The van der Waals surface area contributed by atoms with Crippen LogP contribution in [0.4, 0.5) is 30.5 Å². The van der Waals surface area contributed by atoms with Crippen molar-refractivity contribution in [2.75, 3.05) is 23.3 Å². The average Bonchev–Trinajstić information content (AvgIpc) is 2.71. The Balaban J connectivity index is 1.76. The Morgan fingerprint density at radius 3 is 2.40 bits per heavy atom. The van der Waals surface area contributed by atoms with Gasteiger partial charge in [0.05, 0.1) is 16.4 Å². The highest BCUT2D eigenvalue weighted by Gasteiger charge is 2.32. The lowest BCUT2D eigenvalue weighted by molar-refractivity contribution is -0.383. The summed E-state index contributed by atoms with van der Waals surface area (Å²) in [5.74, 6) is -1.39. The number of carboxylic acids is 1. The molecule has 1 aromatic heterocycles. The highest BCUT2D eigenvalue weighted by Crippen LogP contribution is 2.34. The van der Waals surface area contributed by atoms with Crippen LogP contribution in [0, 0.1) is 16.0 Å². The van der Waals surface area contributed by atoms with Crippen LogP contribution in [0.2, 0.25) is 0 Å². The molecule has 0 spiro atoms. The van der Waals surface area contributed by atoms with E-state index in [1.807, 2.05) is 0 Å². The SMILES string of the molecule is O=C(O)C1CCN(c2ncnc(NCc3ccc(C(F)(F)F)cc3)c2[N+](=O)[O-])CC1. The van der Waals surface area contributed by atoms with Crippen LogP contribution in [0.15, 0.2) is 30.6 Å². The minimum atomic E-state index is -4.44. The van der Waals surface area contributed by atoms with Crippen molar-refractivity contribution in [3.05, 3.63) is 51.8 Å². The van der Waals surface area contributed by atoms with Crippen LogP contribution < -0.4 is 10.2 Å². The summed E-state index contributed by atoms with van der Waals surface area (Å²) in [5, 5.41) is 23.5. The Morgan fingerprint density at radius 1 is 1.23 bits per heavy atom. The fourth-order valence-corrected chi connectivity index (χ4v) is 3.23. The van der Waals surface area contributed by atoms with Crippen LogP contribution in [0.1, 0.15) is 24.0 Å². The molecule has 160 valence electrons. The summed E-state index contributed by atoms with van der Waals surface area (Å²) >= 11 is 0. The number of aromatic nitrogens is 2. The second-order valence-corrected chi connectivity index (χ2v) is 6.80. The molecule has 0 radical (unpaired) electrons. The monoisotopic (exact) mass is 425 g/mol. The molecule has 1 aliphatic rings. The van der Waals surface area contributed by atoms with E-state index in [-0.39, 0.29) is 23.9 Å². The number of nitrogens with one attached hydrogen (secondary N) is 1. The topological polar surface area (TPSA) is 121 Å². The van der Waals surface area contributed by atoms with E-state index in [4.69, 9.17) is 5.11 Å². The summed E-state index contributed by atoms with van der Waals surface area (Å²) in [5.41, 5.74) is -0.663. The van der Waals surface area contributed by atoms with Crippen LogP contribution >= 0.6 is 0 Å². The Morgan fingerprint density at radius 2 is 1.87 bits per heavy atom. The van der Waals surface area contributed by atoms with E-state index < -0.39 is 28.6 Å². The standard InChI is InChI=1S/C18H18F3N5O4/c19-18(20,21)13-3-1-11(2-4-13)9-22-15-14(26(29)30)16(24-10-23-15)25-7-5-12(6-8-25)17(27)28/h1-4,10,12H,5-9H2,(H,27,28)(H,22,23,24). The van der Waals surface area contributed by atoms with Gasteiger partial charge in [-0.25, -0.2) is 9.97 Å². The van der Waals surface area contributed by atoms with Crippen molar-refractivity contribution < 1.29 is 28.0 Å². The molecule has 0 atom stereocenters. The number of benzene rings is 1. The number of hydrogen-bond acceptors (Lipinski definition) is 7. The van der Waals surface area contributed by atoms with Gasteiger partial charge in [0.1, 0.15) is 6.33 Å². The summed E-state index contributed by atoms with van der Waals surface area (Å²) in [6.07, 6.45) is -2.61. The van der Waals surface area contributed by atoms with Crippen LogP contribution in [0.5, 0.6) is 0 Å². The molecule has 2 heterocycles. The largest absolute Gasteiger partial charge is 0.481 e. The van der Waals surface area contributed by atoms with E-state index in [9.17, 15) is 28.1 Å². The first-order valence-electron chi connectivity index (χ1n) is 9.04. The van der Waals surface area contributed by atoms with Crippen molar-refractivity contribution in [3.8, 4) is 0 Å². The first-order valence-corrected chi connectivity index (χ1v) is 9.04. The van der Waals surface area contributed by atoms with Gasteiger partial charge >= 0.3 is 17.8 Å². The van der Waals surface area contributed by atoms with Crippen molar-refractivity contribution in [3.63, 3.8) is 0 Å². The van der Waals surface area contributed by atoms with Gasteiger partial charge in [-0.3, -0.25) is 14.9 Å². The minimum Gasteiger partial charge on any atom is -0.481 e. The third kappa shape index (κ3) is 4.75. The number of nitro groups is 1. The number of rotatable bonds is 6. The maximum absolute atomic E-state index is 12.7.